The van der Waals surface area contributed by atoms with Crippen molar-refractivity contribution in [3.63, 3.8) is 0 Å². The molecule has 2 amide bonds. The molecule has 6 nitrogen and oxygen atoms in total. The largest absolute Gasteiger partial charge is 0.389 e. The molecule has 1 fully saturated rings. The van der Waals surface area contributed by atoms with Crippen molar-refractivity contribution in [3.05, 3.63) is 52.5 Å². The summed E-state index contributed by atoms with van der Waals surface area (Å²) in [5.74, 6) is -0.491. The number of aliphatic hydroxyl groups excluding tert-OH is 1. The molecule has 1 aromatic carbocycles. The maximum absolute atomic E-state index is 12.5. The number of nitrogens with zero attached hydrogens (tertiary/aromatic N) is 3. The van der Waals surface area contributed by atoms with Crippen LogP contribution in [0.25, 0.3) is 0 Å². The summed E-state index contributed by atoms with van der Waals surface area (Å²) in [5.41, 5.74) is 2.88. The fourth-order valence-electron chi connectivity index (χ4n) is 2.59. The molecule has 0 radical (unpaired) electrons. The second kappa shape index (κ2) is 6.89. The van der Waals surface area contributed by atoms with Gasteiger partial charge in [0, 0.05) is 25.0 Å². The van der Waals surface area contributed by atoms with E-state index in [1.165, 1.54) is 16.2 Å². The van der Waals surface area contributed by atoms with E-state index in [-0.39, 0.29) is 31.4 Å². The van der Waals surface area contributed by atoms with Crippen molar-refractivity contribution in [2.24, 2.45) is 0 Å². The fraction of sp³-hybridized carbons (Fsp3) is 0.312. The van der Waals surface area contributed by atoms with Crippen LogP contribution in [0.15, 0.2) is 41.2 Å². The number of rotatable bonds is 3. The number of carbonyl (C=O) groups is 2. The lowest BCUT2D eigenvalue weighted by Gasteiger charge is -2.21. The van der Waals surface area contributed by atoms with Gasteiger partial charge in [-0.25, -0.2) is 4.98 Å². The second-order valence-corrected chi connectivity index (χ2v) is 6.19. The van der Waals surface area contributed by atoms with Crippen LogP contribution in [0, 0.1) is 0 Å². The van der Waals surface area contributed by atoms with E-state index in [2.05, 4.69) is 4.98 Å². The van der Waals surface area contributed by atoms with Gasteiger partial charge in [0.1, 0.15) is 12.2 Å². The Balaban J connectivity index is 1.72. The smallest absolute Gasteiger partial charge is 0.273 e. The minimum absolute atomic E-state index is 0.0414. The number of aliphatic hydroxyl groups is 1. The second-order valence-electron chi connectivity index (χ2n) is 5.47. The number of hydrogen-bond donors (Lipinski definition) is 1. The van der Waals surface area contributed by atoms with Gasteiger partial charge in [-0.2, -0.15) is 0 Å². The number of benzene rings is 1. The Morgan fingerprint density at radius 1 is 1.30 bits per heavy atom. The highest BCUT2D eigenvalue weighted by Crippen LogP contribution is 2.13. The molecular formula is C16H17N3O3S. The molecule has 1 aliphatic rings. The standard InChI is InChI=1S/C16H17N3O3S/c20-13-7-18(6-12-4-2-1-3-5-12)15(21)9-19(8-13)16(22)14-10-23-11-17-14/h1-5,10-11,13,20H,6-9H2. The van der Waals surface area contributed by atoms with Crippen LogP contribution in [0.4, 0.5) is 0 Å². The van der Waals surface area contributed by atoms with E-state index in [1.54, 1.807) is 15.8 Å². The van der Waals surface area contributed by atoms with Crippen LogP contribution in [-0.2, 0) is 11.3 Å². The zero-order chi connectivity index (χ0) is 16.2. The third-order valence-electron chi connectivity index (χ3n) is 3.70. The van der Waals surface area contributed by atoms with Crippen LogP contribution in [0.1, 0.15) is 16.1 Å². The summed E-state index contributed by atoms with van der Waals surface area (Å²) in [7, 11) is 0. The molecule has 2 aromatic rings. The number of thiazole rings is 1. The summed E-state index contributed by atoms with van der Waals surface area (Å²) in [6.45, 7) is 0.734. The summed E-state index contributed by atoms with van der Waals surface area (Å²) in [5, 5.41) is 11.8. The molecule has 0 saturated carbocycles. The first-order valence-corrected chi connectivity index (χ1v) is 8.25. The van der Waals surface area contributed by atoms with E-state index >= 15 is 0 Å². The molecule has 23 heavy (non-hydrogen) atoms. The van der Waals surface area contributed by atoms with E-state index in [1.807, 2.05) is 30.3 Å². The molecule has 7 heteroatoms. The molecule has 1 aromatic heterocycles. The third kappa shape index (κ3) is 3.75. The molecule has 1 atom stereocenters. The predicted octanol–water partition coefficient (Wildman–Crippen LogP) is 0.989. The fourth-order valence-corrected chi connectivity index (χ4v) is 3.11. The van der Waals surface area contributed by atoms with Crippen molar-refractivity contribution < 1.29 is 14.7 Å². The first-order chi connectivity index (χ1) is 11.1. The van der Waals surface area contributed by atoms with E-state index in [0.29, 0.717) is 12.2 Å². The van der Waals surface area contributed by atoms with Crippen LogP contribution < -0.4 is 0 Å². The van der Waals surface area contributed by atoms with Gasteiger partial charge in [-0.3, -0.25) is 9.59 Å². The molecule has 0 aliphatic carbocycles. The number of aromatic nitrogens is 1. The Morgan fingerprint density at radius 2 is 2.09 bits per heavy atom. The minimum Gasteiger partial charge on any atom is -0.389 e. The average molecular weight is 331 g/mol. The van der Waals surface area contributed by atoms with E-state index in [0.717, 1.165) is 5.56 Å². The Bertz CT molecular complexity index is 675. The Morgan fingerprint density at radius 3 is 2.78 bits per heavy atom. The van der Waals surface area contributed by atoms with Crippen LogP contribution in [-0.4, -0.2) is 57.4 Å². The van der Waals surface area contributed by atoms with Gasteiger partial charge < -0.3 is 14.9 Å². The molecule has 2 heterocycles. The van der Waals surface area contributed by atoms with E-state index in [4.69, 9.17) is 0 Å². The summed E-state index contributed by atoms with van der Waals surface area (Å²) >= 11 is 1.32. The maximum atomic E-state index is 12.5. The SMILES string of the molecule is O=C1CN(C(=O)c2cscn2)CC(O)CN1Cc1ccccc1. The number of carbonyl (C=O) groups excluding carboxylic acids is 2. The zero-order valence-electron chi connectivity index (χ0n) is 12.5. The predicted molar refractivity (Wildman–Crippen MR) is 85.9 cm³/mol. The van der Waals surface area contributed by atoms with Crippen LogP contribution >= 0.6 is 11.3 Å². The number of hydrogen-bond acceptors (Lipinski definition) is 5. The first-order valence-electron chi connectivity index (χ1n) is 7.30. The van der Waals surface area contributed by atoms with Crippen molar-refractivity contribution in [1.82, 2.24) is 14.8 Å². The van der Waals surface area contributed by atoms with Gasteiger partial charge in [-0.1, -0.05) is 30.3 Å². The van der Waals surface area contributed by atoms with Crippen LogP contribution in [0.2, 0.25) is 0 Å². The van der Waals surface area contributed by atoms with Crippen molar-refractivity contribution in [2.75, 3.05) is 19.6 Å². The van der Waals surface area contributed by atoms with Gasteiger partial charge >= 0.3 is 0 Å². The molecule has 1 N–H and O–H groups in total. The van der Waals surface area contributed by atoms with Crippen LogP contribution in [0.5, 0.6) is 0 Å². The van der Waals surface area contributed by atoms with E-state index in [9.17, 15) is 14.7 Å². The van der Waals surface area contributed by atoms with Crippen molar-refractivity contribution in [2.45, 2.75) is 12.6 Å². The third-order valence-corrected chi connectivity index (χ3v) is 4.28. The van der Waals surface area contributed by atoms with Gasteiger partial charge in [0.25, 0.3) is 5.91 Å². The summed E-state index contributed by atoms with van der Waals surface area (Å²) in [6.07, 6.45) is -0.771. The molecule has 0 bridgehead atoms. The molecule has 1 unspecified atom stereocenters. The van der Waals surface area contributed by atoms with E-state index < -0.39 is 6.10 Å². The minimum atomic E-state index is -0.771. The molecular weight excluding hydrogens is 314 g/mol. The number of β-amino-alcohol motifs (C(OH)–C–C–N with tert-alkyl or cyclic N) is 1. The molecule has 1 saturated heterocycles. The maximum Gasteiger partial charge on any atom is 0.273 e. The zero-order valence-corrected chi connectivity index (χ0v) is 13.3. The van der Waals surface area contributed by atoms with Crippen molar-refractivity contribution in [3.8, 4) is 0 Å². The molecule has 1 aliphatic heterocycles. The quantitative estimate of drug-likeness (QED) is 0.910. The number of amides is 2. The molecule has 3 rings (SSSR count). The normalized spacial score (nSPS) is 18.8. The Labute approximate surface area is 138 Å². The highest BCUT2D eigenvalue weighted by molar-refractivity contribution is 7.07. The highest BCUT2D eigenvalue weighted by atomic mass is 32.1. The average Bonchev–Trinajstić information content (AvgIpc) is 3.03. The summed E-state index contributed by atoms with van der Waals surface area (Å²) in [6, 6.07) is 9.60. The van der Waals surface area contributed by atoms with Crippen LogP contribution in [0.3, 0.4) is 0 Å². The molecule has 0 spiro atoms. The van der Waals surface area contributed by atoms with Gasteiger partial charge in [0.15, 0.2) is 0 Å². The lowest BCUT2D eigenvalue weighted by Crippen LogP contribution is -2.39. The molecule has 120 valence electrons. The topological polar surface area (TPSA) is 73.7 Å². The lowest BCUT2D eigenvalue weighted by atomic mass is 10.2. The van der Waals surface area contributed by atoms with Gasteiger partial charge in [0.05, 0.1) is 11.6 Å². The Hall–Kier alpha value is -2.25. The monoisotopic (exact) mass is 331 g/mol. The lowest BCUT2D eigenvalue weighted by molar-refractivity contribution is -0.131. The highest BCUT2D eigenvalue weighted by Gasteiger charge is 2.30. The van der Waals surface area contributed by atoms with Crippen molar-refractivity contribution in [1.29, 1.82) is 0 Å². The van der Waals surface area contributed by atoms with Gasteiger partial charge in [-0.05, 0) is 5.56 Å². The van der Waals surface area contributed by atoms with Gasteiger partial charge in [0.2, 0.25) is 5.91 Å². The first kappa shape index (κ1) is 15.6. The summed E-state index contributed by atoms with van der Waals surface area (Å²) in [4.78, 5) is 31.7. The summed E-state index contributed by atoms with van der Waals surface area (Å²) < 4.78 is 0. The van der Waals surface area contributed by atoms with Gasteiger partial charge in [-0.15, -0.1) is 11.3 Å². The Kier molecular flexibility index (Phi) is 4.68. The van der Waals surface area contributed by atoms with Crippen molar-refractivity contribution >= 4 is 23.2 Å².